The minimum atomic E-state index is -0.539. The van der Waals surface area contributed by atoms with Gasteiger partial charge in [-0.25, -0.2) is 4.39 Å². The number of aromatic nitrogens is 2. The number of anilines is 1. The molecule has 100 valence electrons. The maximum Gasteiger partial charge on any atom is 0.293 e. The highest BCUT2D eigenvalue weighted by atomic mass is 127. The number of nitro groups is 1. The second-order valence-corrected chi connectivity index (χ2v) is 5.04. The zero-order valence-corrected chi connectivity index (χ0v) is 12.1. The van der Waals surface area contributed by atoms with Gasteiger partial charge in [-0.05, 0) is 28.7 Å². The van der Waals surface area contributed by atoms with E-state index in [9.17, 15) is 14.5 Å². The summed E-state index contributed by atoms with van der Waals surface area (Å²) in [4.78, 5) is 10.4. The summed E-state index contributed by atoms with van der Waals surface area (Å²) < 4.78 is 15.3. The third-order valence-electron chi connectivity index (χ3n) is 2.46. The van der Waals surface area contributed by atoms with Crippen molar-refractivity contribution in [3.05, 3.63) is 49.6 Å². The van der Waals surface area contributed by atoms with Gasteiger partial charge in [0, 0.05) is 25.4 Å². The largest absolute Gasteiger partial charge is 0.374 e. The molecule has 0 aliphatic rings. The van der Waals surface area contributed by atoms with Crippen molar-refractivity contribution in [2.45, 2.75) is 6.54 Å². The Labute approximate surface area is 121 Å². The van der Waals surface area contributed by atoms with Crippen molar-refractivity contribution in [1.82, 2.24) is 9.78 Å². The first-order valence-corrected chi connectivity index (χ1v) is 6.41. The van der Waals surface area contributed by atoms with Gasteiger partial charge in [0.2, 0.25) is 0 Å². The van der Waals surface area contributed by atoms with E-state index in [0.29, 0.717) is 6.54 Å². The highest BCUT2D eigenvalue weighted by Gasteiger charge is 2.17. The van der Waals surface area contributed by atoms with Crippen LogP contribution in [0.4, 0.5) is 15.8 Å². The fourth-order valence-electron chi connectivity index (χ4n) is 1.57. The predicted octanol–water partition coefficient (Wildman–Crippen LogP) is 2.68. The molecule has 2 aromatic rings. The summed E-state index contributed by atoms with van der Waals surface area (Å²) in [5.74, 6) is -0.491. The molecule has 0 atom stereocenters. The molecule has 1 N–H and O–H groups in total. The predicted molar refractivity (Wildman–Crippen MR) is 76.3 cm³/mol. The lowest BCUT2D eigenvalue weighted by atomic mass is 10.2. The van der Waals surface area contributed by atoms with Crippen molar-refractivity contribution in [2.75, 3.05) is 5.32 Å². The topological polar surface area (TPSA) is 73.0 Å². The normalized spacial score (nSPS) is 10.5. The second kappa shape index (κ2) is 5.51. The van der Waals surface area contributed by atoms with E-state index < -0.39 is 10.7 Å². The van der Waals surface area contributed by atoms with E-state index in [2.05, 4.69) is 10.4 Å². The van der Waals surface area contributed by atoms with Gasteiger partial charge < -0.3 is 5.32 Å². The molecule has 1 heterocycles. The van der Waals surface area contributed by atoms with Gasteiger partial charge in [-0.2, -0.15) is 5.10 Å². The van der Waals surface area contributed by atoms with Crippen molar-refractivity contribution in [1.29, 1.82) is 0 Å². The zero-order chi connectivity index (χ0) is 14.0. The summed E-state index contributed by atoms with van der Waals surface area (Å²) in [5.41, 5.74) is 0.714. The Morgan fingerprint density at radius 2 is 2.32 bits per heavy atom. The second-order valence-electron chi connectivity index (χ2n) is 3.87. The molecule has 0 aliphatic heterocycles. The number of aryl methyl sites for hydroxylation is 1. The molecule has 0 amide bonds. The van der Waals surface area contributed by atoms with Crippen molar-refractivity contribution in [2.24, 2.45) is 7.05 Å². The maximum atomic E-state index is 13.5. The van der Waals surface area contributed by atoms with Crippen LogP contribution in [0.1, 0.15) is 5.69 Å². The molecule has 0 bridgehead atoms. The van der Waals surface area contributed by atoms with Crippen LogP contribution in [0, 0.1) is 19.5 Å². The van der Waals surface area contributed by atoms with Crippen molar-refractivity contribution in [3.8, 4) is 0 Å². The summed E-state index contributed by atoms with van der Waals surface area (Å²) >= 11 is 1.72. The zero-order valence-electron chi connectivity index (χ0n) is 9.93. The van der Waals surface area contributed by atoms with Crippen LogP contribution < -0.4 is 5.32 Å². The molecule has 0 unspecified atom stereocenters. The first kappa shape index (κ1) is 13.7. The van der Waals surface area contributed by atoms with E-state index in [-0.39, 0.29) is 14.9 Å². The Morgan fingerprint density at radius 1 is 1.58 bits per heavy atom. The molecule has 2 rings (SSSR count). The maximum absolute atomic E-state index is 13.5. The number of rotatable bonds is 4. The lowest BCUT2D eigenvalue weighted by Crippen LogP contribution is -2.05. The highest BCUT2D eigenvalue weighted by molar-refractivity contribution is 14.1. The van der Waals surface area contributed by atoms with Crippen LogP contribution in [-0.2, 0) is 13.6 Å². The van der Waals surface area contributed by atoms with Crippen LogP contribution in [-0.4, -0.2) is 14.7 Å². The fraction of sp³-hybridized carbons (Fsp3) is 0.182. The van der Waals surface area contributed by atoms with Crippen LogP contribution in [0.2, 0.25) is 0 Å². The number of hydrogen-bond acceptors (Lipinski definition) is 4. The van der Waals surface area contributed by atoms with Crippen molar-refractivity contribution >= 4 is 34.0 Å². The van der Waals surface area contributed by atoms with E-state index in [0.717, 1.165) is 11.8 Å². The third-order valence-corrected chi connectivity index (χ3v) is 3.29. The van der Waals surface area contributed by atoms with Crippen molar-refractivity contribution < 1.29 is 9.31 Å². The van der Waals surface area contributed by atoms with Crippen LogP contribution in [0.3, 0.4) is 0 Å². The smallest absolute Gasteiger partial charge is 0.293 e. The Hall–Kier alpha value is -1.71. The molecule has 0 saturated carbocycles. The van der Waals surface area contributed by atoms with Crippen LogP contribution in [0.15, 0.2) is 24.4 Å². The van der Waals surface area contributed by atoms with Crippen LogP contribution >= 0.6 is 22.6 Å². The number of nitrogens with one attached hydrogen (secondary N) is 1. The lowest BCUT2D eigenvalue weighted by Gasteiger charge is -2.06. The SMILES string of the molecule is Cn1ccc(CNc2cc(F)c(I)cc2[N+](=O)[O-])n1. The quantitative estimate of drug-likeness (QED) is 0.506. The molecule has 0 spiro atoms. The number of nitrogens with zero attached hydrogens (tertiary/aromatic N) is 3. The average molecular weight is 376 g/mol. The first-order valence-electron chi connectivity index (χ1n) is 5.33. The van der Waals surface area contributed by atoms with Gasteiger partial charge in [-0.3, -0.25) is 14.8 Å². The van der Waals surface area contributed by atoms with Gasteiger partial charge in [0.25, 0.3) is 5.69 Å². The number of halogens is 2. The Morgan fingerprint density at radius 3 is 2.89 bits per heavy atom. The van der Waals surface area contributed by atoms with Gasteiger partial charge in [0.1, 0.15) is 11.5 Å². The molecule has 0 radical (unpaired) electrons. The number of nitro benzene ring substituents is 1. The summed E-state index contributed by atoms with van der Waals surface area (Å²) in [5, 5.41) is 17.9. The molecule has 0 aliphatic carbocycles. The number of hydrogen-bond donors (Lipinski definition) is 1. The molecule has 1 aromatic heterocycles. The van der Waals surface area contributed by atoms with Crippen molar-refractivity contribution in [3.63, 3.8) is 0 Å². The monoisotopic (exact) mass is 376 g/mol. The van der Waals surface area contributed by atoms with Gasteiger partial charge in [0.15, 0.2) is 0 Å². The number of benzene rings is 1. The summed E-state index contributed by atoms with van der Waals surface area (Å²) in [6.07, 6.45) is 1.76. The van der Waals surface area contributed by atoms with E-state index >= 15 is 0 Å². The lowest BCUT2D eigenvalue weighted by molar-refractivity contribution is -0.384. The van der Waals surface area contributed by atoms with Gasteiger partial charge in [0.05, 0.1) is 20.7 Å². The van der Waals surface area contributed by atoms with E-state index in [1.807, 2.05) is 0 Å². The third kappa shape index (κ3) is 3.19. The minimum absolute atomic E-state index is 0.147. The highest BCUT2D eigenvalue weighted by Crippen LogP contribution is 2.28. The van der Waals surface area contributed by atoms with E-state index in [1.165, 1.54) is 6.07 Å². The molecule has 0 fully saturated rings. The summed E-state index contributed by atoms with van der Waals surface area (Å²) in [7, 11) is 1.77. The average Bonchev–Trinajstić information content (AvgIpc) is 2.76. The van der Waals surface area contributed by atoms with E-state index in [4.69, 9.17) is 0 Å². The molecule has 19 heavy (non-hydrogen) atoms. The molecule has 1 aromatic carbocycles. The first-order chi connectivity index (χ1) is 8.97. The van der Waals surface area contributed by atoms with Gasteiger partial charge >= 0.3 is 0 Å². The standard InChI is InChI=1S/C11H10FIN4O2/c1-16-3-2-7(15-16)6-14-10-4-8(12)9(13)5-11(10)17(18)19/h2-5,14H,6H2,1H3. The van der Waals surface area contributed by atoms with Gasteiger partial charge in [-0.1, -0.05) is 0 Å². The van der Waals surface area contributed by atoms with E-state index in [1.54, 1.807) is 46.6 Å². The molecular formula is C11H10FIN4O2. The minimum Gasteiger partial charge on any atom is -0.374 e. The molecule has 8 heteroatoms. The Bertz CT molecular complexity index is 629. The summed E-state index contributed by atoms with van der Waals surface area (Å²) in [6.45, 7) is 0.293. The molecular weight excluding hydrogens is 366 g/mol. The van der Waals surface area contributed by atoms with Crippen LogP contribution in [0.5, 0.6) is 0 Å². The molecule has 0 saturated heterocycles. The fourth-order valence-corrected chi connectivity index (χ4v) is 2.02. The van der Waals surface area contributed by atoms with Crippen LogP contribution in [0.25, 0.3) is 0 Å². The van der Waals surface area contributed by atoms with Gasteiger partial charge in [-0.15, -0.1) is 0 Å². The Kier molecular flexibility index (Phi) is 3.98. The summed E-state index contributed by atoms with van der Waals surface area (Å²) in [6, 6.07) is 4.11. The molecule has 6 nitrogen and oxygen atoms in total. The Balaban J connectivity index is 2.23.